The van der Waals surface area contributed by atoms with E-state index in [2.05, 4.69) is 16.0 Å². The Morgan fingerprint density at radius 2 is 2.06 bits per heavy atom. The lowest BCUT2D eigenvalue weighted by molar-refractivity contribution is 0.329. The molecule has 0 saturated carbocycles. The molecule has 1 fully saturated rings. The summed E-state index contributed by atoms with van der Waals surface area (Å²) in [5.41, 5.74) is 2.21. The molecule has 0 spiro atoms. The van der Waals surface area contributed by atoms with E-state index in [9.17, 15) is 0 Å². The van der Waals surface area contributed by atoms with Crippen LogP contribution >= 0.6 is 11.6 Å². The van der Waals surface area contributed by atoms with Gasteiger partial charge in [0.2, 0.25) is 5.28 Å². The summed E-state index contributed by atoms with van der Waals surface area (Å²) < 4.78 is 1.94. The first kappa shape index (κ1) is 10.1. The molecule has 84 valence electrons. The number of nitrogens with zero attached hydrogens (tertiary/aromatic N) is 3. The van der Waals surface area contributed by atoms with E-state index in [1.807, 2.05) is 22.7 Å². The van der Waals surface area contributed by atoms with Crippen molar-refractivity contribution in [1.82, 2.24) is 14.3 Å². The molecule has 0 aromatic carbocycles. The summed E-state index contributed by atoms with van der Waals surface area (Å²) in [6.07, 6.45) is 4.57. The molecule has 1 aliphatic heterocycles. The van der Waals surface area contributed by atoms with Gasteiger partial charge in [-0.05, 0) is 49.7 Å². The summed E-state index contributed by atoms with van der Waals surface area (Å²) in [7, 11) is 0. The third-order valence-electron chi connectivity index (χ3n) is 3.15. The normalized spacial score (nSPS) is 17.3. The molecule has 0 N–H and O–H groups in total. The van der Waals surface area contributed by atoms with Crippen LogP contribution < -0.4 is 0 Å². The van der Waals surface area contributed by atoms with Crippen molar-refractivity contribution in [3.63, 3.8) is 0 Å². The van der Waals surface area contributed by atoms with Gasteiger partial charge < -0.3 is 0 Å². The largest absolute Gasteiger partial charge is 0.297 e. The van der Waals surface area contributed by atoms with Gasteiger partial charge in [0.15, 0.2) is 0 Å². The Balaban J connectivity index is 1.96. The summed E-state index contributed by atoms with van der Waals surface area (Å²) in [6, 6.07) is 6.07. The molecule has 3 rings (SSSR count). The number of halogens is 1. The molecule has 1 saturated heterocycles. The highest BCUT2D eigenvalue weighted by Crippen LogP contribution is 2.20. The summed E-state index contributed by atoms with van der Waals surface area (Å²) in [5.74, 6) is 0. The van der Waals surface area contributed by atoms with Crippen molar-refractivity contribution in [2.24, 2.45) is 0 Å². The molecule has 0 unspecified atom stereocenters. The fourth-order valence-corrected chi connectivity index (χ4v) is 2.58. The van der Waals surface area contributed by atoms with Crippen LogP contribution in [0.1, 0.15) is 18.5 Å². The predicted molar refractivity (Wildman–Crippen MR) is 64.7 cm³/mol. The Bertz CT molecular complexity index is 500. The maximum atomic E-state index is 6.10. The minimum absolute atomic E-state index is 0.560. The van der Waals surface area contributed by atoms with Crippen LogP contribution in [0.2, 0.25) is 5.28 Å². The van der Waals surface area contributed by atoms with E-state index in [-0.39, 0.29) is 0 Å². The average molecular weight is 236 g/mol. The maximum Gasteiger partial charge on any atom is 0.207 e. The molecule has 2 aromatic heterocycles. The highest BCUT2D eigenvalue weighted by molar-refractivity contribution is 6.28. The van der Waals surface area contributed by atoms with Gasteiger partial charge >= 0.3 is 0 Å². The first-order chi connectivity index (χ1) is 7.84. The molecular weight excluding hydrogens is 222 g/mol. The van der Waals surface area contributed by atoms with Crippen molar-refractivity contribution in [3.8, 4) is 0 Å². The molecule has 16 heavy (non-hydrogen) atoms. The van der Waals surface area contributed by atoms with Gasteiger partial charge in [-0.2, -0.15) is 0 Å². The van der Waals surface area contributed by atoms with Crippen molar-refractivity contribution in [3.05, 3.63) is 35.4 Å². The van der Waals surface area contributed by atoms with Crippen LogP contribution in [0.3, 0.4) is 0 Å². The van der Waals surface area contributed by atoms with Crippen molar-refractivity contribution >= 4 is 17.1 Å². The molecular formula is C12H14ClN3. The third-order valence-corrected chi connectivity index (χ3v) is 3.42. The van der Waals surface area contributed by atoms with Gasteiger partial charge in [0.05, 0.1) is 11.2 Å². The minimum atomic E-state index is 0.560. The number of rotatable bonds is 2. The third kappa shape index (κ3) is 1.70. The zero-order valence-electron chi connectivity index (χ0n) is 9.06. The van der Waals surface area contributed by atoms with Crippen LogP contribution in [-0.2, 0) is 6.54 Å². The van der Waals surface area contributed by atoms with Crippen molar-refractivity contribution in [1.29, 1.82) is 0 Å². The van der Waals surface area contributed by atoms with Gasteiger partial charge in [-0.1, -0.05) is 6.07 Å². The van der Waals surface area contributed by atoms with Crippen LogP contribution in [0.4, 0.5) is 0 Å². The van der Waals surface area contributed by atoms with Gasteiger partial charge in [0.25, 0.3) is 0 Å². The monoisotopic (exact) mass is 235 g/mol. The second-order valence-corrected chi connectivity index (χ2v) is 4.60. The molecule has 2 aromatic rings. The Hall–Kier alpha value is -1.06. The van der Waals surface area contributed by atoms with Crippen LogP contribution in [0.25, 0.3) is 5.52 Å². The molecule has 0 atom stereocenters. The van der Waals surface area contributed by atoms with E-state index in [0.717, 1.165) is 17.8 Å². The maximum absolute atomic E-state index is 6.10. The summed E-state index contributed by atoms with van der Waals surface area (Å²) in [5, 5.41) is 0.560. The molecule has 0 bridgehead atoms. The Morgan fingerprint density at radius 3 is 2.88 bits per heavy atom. The van der Waals surface area contributed by atoms with E-state index < -0.39 is 0 Å². The molecule has 0 amide bonds. The van der Waals surface area contributed by atoms with Crippen molar-refractivity contribution in [2.75, 3.05) is 13.1 Å². The van der Waals surface area contributed by atoms with Crippen molar-refractivity contribution in [2.45, 2.75) is 19.4 Å². The van der Waals surface area contributed by atoms with Crippen molar-refractivity contribution < 1.29 is 0 Å². The average Bonchev–Trinajstić information content (AvgIpc) is 2.90. The second kappa shape index (κ2) is 4.07. The van der Waals surface area contributed by atoms with Crippen LogP contribution in [0, 0.1) is 0 Å². The summed E-state index contributed by atoms with van der Waals surface area (Å²) in [4.78, 5) is 6.88. The first-order valence-electron chi connectivity index (χ1n) is 5.68. The van der Waals surface area contributed by atoms with Crippen LogP contribution in [0.5, 0.6) is 0 Å². The zero-order valence-corrected chi connectivity index (χ0v) is 9.82. The van der Waals surface area contributed by atoms with Gasteiger partial charge in [-0.25, -0.2) is 4.98 Å². The lowest BCUT2D eigenvalue weighted by Crippen LogP contribution is -2.18. The summed E-state index contributed by atoms with van der Waals surface area (Å²) in [6.45, 7) is 3.28. The van der Waals surface area contributed by atoms with Gasteiger partial charge in [0.1, 0.15) is 0 Å². The van der Waals surface area contributed by atoms with E-state index in [0.29, 0.717) is 5.28 Å². The topological polar surface area (TPSA) is 20.5 Å². The lowest BCUT2D eigenvalue weighted by atomic mass is 10.3. The van der Waals surface area contributed by atoms with E-state index in [1.54, 1.807) is 0 Å². The Kier molecular flexibility index (Phi) is 2.58. The molecule has 3 heterocycles. The SMILES string of the molecule is Clc1nc(CN2CCCC2)c2ccccn12. The quantitative estimate of drug-likeness (QED) is 0.798. The number of pyridine rings is 1. The molecule has 3 nitrogen and oxygen atoms in total. The van der Waals surface area contributed by atoms with Gasteiger partial charge in [0, 0.05) is 12.7 Å². The highest BCUT2D eigenvalue weighted by atomic mass is 35.5. The van der Waals surface area contributed by atoms with E-state index >= 15 is 0 Å². The standard InChI is InChI=1S/C12H14ClN3/c13-12-14-10(9-15-6-3-4-7-15)11-5-1-2-8-16(11)12/h1-2,5,8H,3-4,6-7,9H2. The van der Waals surface area contributed by atoms with Gasteiger partial charge in [-0.3, -0.25) is 9.30 Å². The van der Waals surface area contributed by atoms with E-state index in [1.165, 1.54) is 25.9 Å². The second-order valence-electron chi connectivity index (χ2n) is 4.27. The Morgan fingerprint density at radius 1 is 1.25 bits per heavy atom. The number of hydrogen-bond acceptors (Lipinski definition) is 2. The first-order valence-corrected chi connectivity index (χ1v) is 6.06. The molecule has 4 heteroatoms. The molecule has 0 radical (unpaired) electrons. The Labute approximate surface area is 99.7 Å². The number of aromatic nitrogens is 2. The summed E-state index contributed by atoms with van der Waals surface area (Å²) >= 11 is 6.10. The molecule has 0 aliphatic carbocycles. The van der Waals surface area contributed by atoms with Crippen LogP contribution in [0.15, 0.2) is 24.4 Å². The highest BCUT2D eigenvalue weighted by Gasteiger charge is 2.16. The number of fused-ring (bicyclic) bond motifs is 1. The lowest BCUT2D eigenvalue weighted by Gasteiger charge is -2.12. The smallest absolute Gasteiger partial charge is 0.207 e. The number of imidazole rings is 1. The molecule has 1 aliphatic rings. The minimum Gasteiger partial charge on any atom is -0.297 e. The zero-order chi connectivity index (χ0) is 11.0. The fraction of sp³-hybridized carbons (Fsp3) is 0.417. The predicted octanol–water partition coefficient (Wildman–Crippen LogP) is 2.58. The number of likely N-dealkylation sites (tertiary alicyclic amines) is 1. The van der Waals surface area contributed by atoms with E-state index in [4.69, 9.17) is 11.6 Å². The fourth-order valence-electron chi connectivity index (χ4n) is 2.33. The van der Waals surface area contributed by atoms with Crippen LogP contribution in [-0.4, -0.2) is 27.4 Å². The number of hydrogen-bond donors (Lipinski definition) is 0. The van der Waals surface area contributed by atoms with Gasteiger partial charge in [-0.15, -0.1) is 0 Å².